The molecule has 0 aromatic carbocycles. The van der Waals surface area contributed by atoms with Gasteiger partial charge in [0.25, 0.3) is 0 Å². The van der Waals surface area contributed by atoms with E-state index in [9.17, 15) is 9.90 Å². The number of aliphatic carboxylic acids is 1. The zero-order valence-electron chi connectivity index (χ0n) is 13.0. The van der Waals surface area contributed by atoms with E-state index in [0.29, 0.717) is 11.8 Å². The van der Waals surface area contributed by atoms with Crippen molar-refractivity contribution in [2.75, 3.05) is 13.1 Å². The van der Waals surface area contributed by atoms with Gasteiger partial charge in [-0.1, -0.05) is 41.5 Å². The van der Waals surface area contributed by atoms with E-state index in [4.69, 9.17) is 0 Å². The third-order valence-electron chi connectivity index (χ3n) is 3.49. The van der Waals surface area contributed by atoms with Gasteiger partial charge in [-0.05, 0) is 37.8 Å². The molecule has 0 spiro atoms. The molecule has 0 saturated heterocycles. The summed E-state index contributed by atoms with van der Waals surface area (Å²) in [5.74, 6) is 0.357. The number of hydrogen-bond acceptors (Lipinski definition) is 2. The van der Waals surface area contributed by atoms with Crippen LogP contribution in [0.2, 0.25) is 0 Å². The van der Waals surface area contributed by atoms with Crippen LogP contribution in [0.3, 0.4) is 0 Å². The predicted octanol–water partition coefficient (Wildman–Crippen LogP) is 3.63. The number of carboxylic acids is 1. The van der Waals surface area contributed by atoms with Crippen LogP contribution in [0.1, 0.15) is 60.8 Å². The van der Waals surface area contributed by atoms with Crippen molar-refractivity contribution in [3.05, 3.63) is 0 Å². The van der Waals surface area contributed by atoms with Gasteiger partial charge in [-0.25, -0.2) is 0 Å². The Morgan fingerprint density at radius 3 is 1.67 bits per heavy atom. The summed E-state index contributed by atoms with van der Waals surface area (Å²) in [4.78, 5) is 13.6. The maximum Gasteiger partial charge on any atom is 0.305 e. The number of rotatable bonds is 9. The Morgan fingerprint density at radius 1 is 1.06 bits per heavy atom. The van der Waals surface area contributed by atoms with E-state index in [-0.39, 0.29) is 12.0 Å². The van der Waals surface area contributed by atoms with E-state index in [0.717, 1.165) is 25.9 Å². The van der Waals surface area contributed by atoms with Crippen molar-refractivity contribution in [1.82, 2.24) is 4.90 Å². The van der Waals surface area contributed by atoms with Crippen molar-refractivity contribution in [3.8, 4) is 0 Å². The lowest BCUT2D eigenvalue weighted by Gasteiger charge is -2.45. The van der Waals surface area contributed by atoms with E-state index in [1.807, 2.05) is 0 Å². The Hall–Kier alpha value is -0.570. The van der Waals surface area contributed by atoms with Gasteiger partial charge in [0.15, 0.2) is 0 Å². The summed E-state index contributed by atoms with van der Waals surface area (Å²) >= 11 is 0. The monoisotopic (exact) mass is 257 g/mol. The van der Waals surface area contributed by atoms with Crippen LogP contribution in [-0.4, -0.2) is 34.6 Å². The highest BCUT2D eigenvalue weighted by atomic mass is 16.4. The van der Waals surface area contributed by atoms with Crippen LogP contribution < -0.4 is 0 Å². The van der Waals surface area contributed by atoms with E-state index in [1.54, 1.807) is 0 Å². The van der Waals surface area contributed by atoms with Gasteiger partial charge < -0.3 is 5.11 Å². The number of hydrogen-bond donors (Lipinski definition) is 1. The summed E-state index contributed by atoms with van der Waals surface area (Å²) in [6.45, 7) is 14.8. The van der Waals surface area contributed by atoms with Gasteiger partial charge >= 0.3 is 5.97 Å². The minimum absolute atomic E-state index is 0.183. The molecule has 108 valence electrons. The highest BCUT2D eigenvalue weighted by molar-refractivity contribution is 5.68. The van der Waals surface area contributed by atoms with Gasteiger partial charge in [-0.3, -0.25) is 9.69 Å². The smallest absolute Gasteiger partial charge is 0.305 e. The molecule has 0 radical (unpaired) electrons. The summed E-state index contributed by atoms with van der Waals surface area (Å²) in [5.41, 5.74) is -0.183. The SMILES string of the molecule is CCN(CC)C(CC(=O)O)(CC(C)C)CC(C)C. The fraction of sp³-hybridized carbons (Fsp3) is 0.933. The van der Waals surface area contributed by atoms with Gasteiger partial charge in [0.1, 0.15) is 0 Å². The van der Waals surface area contributed by atoms with Crippen molar-refractivity contribution >= 4 is 5.97 Å². The zero-order chi connectivity index (χ0) is 14.3. The van der Waals surface area contributed by atoms with Crippen molar-refractivity contribution in [2.45, 2.75) is 66.3 Å². The third-order valence-corrected chi connectivity index (χ3v) is 3.49. The standard InChI is InChI=1S/C15H31NO2/c1-7-16(8-2)15(9-12(3)4,10-13(5)6)11-14(17)18/h12-13H,7-11H2,1-6H3,(H,17,18). The molecule has 0 unspecified atom stereocenters. The molecule has 0 heterocycles. The van der Waals surface area contributed by atoms with Gasteiger partial charge in [0, 0.05) is 5.54 Å². The van der Waals surface area contributed by atoms with E-state index >= 15 is 0 Å². The van der Waals surface area contributed by atoms with Gasteiger partial charge in [-0.15, -0.1) is 0 Å². The van der Waals surface area contributed by atoms with Gasteiger partial charge in [-0.2, -0.15) is 0 Å². The fourth-order valence-electron chi connectivity index (χ4n) is 3.29. The molecule has 0 amide bonds. The molecule has 0 aliphatic carbocycles. The molecule has 0 saturated carbocycles. The first kappa shape index (κ1) is 17.4. The van der Waals surface area contributed by atoms with Crippen LogP contribution in [0.15, 0.2) is 0 Å². The minimum Gasteiger partial charge on any atom is -0.481 e. The second-order valence-electron chi connectivity index (χ2n) is 6.16. The van der Waals surface area contributed by atoms with Crippen molar-refractivity contribution < 1.29 is 9.90 Å². The van der Waals surface area contributed by atoms with Gasteiger partial charge in [0.2, 0.25) is 0 Å². The summed E-state index contributed by atoms with van der Waals surface area (Å²) in [7, 11) is 0. The molecular weight excluding hydrogens is 226 g/mol. The lowest BCUT2D eigenvalue weighted by atomic mass is 9.78. The van der Waals surface area contributed by atoms with Crippen LogP contribution in [0.5, 0.6) is 0 Å². The normalized spacial score (nSPS) is 12.7. The third kappa shape index (κ3) is 5.38. The lowest BCUT2D eigenvalue weighted by molar-refractivity contribution is -0.141. The summed E-state index contributed by atoms with van der Waals surface area (Å²) < 4.78 is 0. The van der Waals surface area contributed by atoms with Gasteiger partial charge in [0.05, 0.1) is 6.42 Å². The largest absolute Gasteiger partial charge is 0.481 e. The Morgan fingerprint density at radius 2 is 1.44 bits per heavy atom. The highest BCUT2D eigenvalue weighted by Crippen LogP contribution is 2.34. The molecule has 0 aliphatic rings. The molecule has 0 fully saturated rings. The van der Waals surface area contributed by atoms with Crippen LogP contribution in [0.25, 0.3) is 0 Å². The first-order valence-corrected chi connectivity index (χ1v) is 7.24. The predicted molar refractivity (Wildman–Crippen MR) is 76.8 cm³/mol. The van der Waals surface area contributed by atoms with Crippen LogP contribution >= 0.6 is 0 Å². The Labute approximate surface area is 113 Å². The second-order valence-corrected chi connectivity index (χ2v) is 6.16. The van der Waals surface area contributed by atoms with E-state index < -0.39 is 5.97 Å². The van der Waals surface area contributed by atoms with E-state index in [1.165, 1.54) is 0 Å². The number of nitrogens with zero attached hydrogens (tertiary/aromatic N) is 1. The summed E-state index contributed by atoms with van der Waals surface area (Å²) in [6.07, 6.45) is 2.17. The maximum absolute atomic E-state index is 11.3. The van der Waals surface area contributed by atoms with Crippen LogP contribution in [0, 0.1) is 11.8 Å². The topological polar surface area (TPSA) is 40.5 Å². The highest BCUT2D eigenvalue weighted by Gasteiger charge is 2.38. The molecule has 0 rings (SSSR count). The lowest BCUT2D eigenvalue weighted by Crippen LogP contribution is -2.51. The first-order valence-electron chi connectivity index (χ1n) is 7.24. The minimum atomic E-state index is -0.678. The average Bonchev–Trinajstić information content (AvgIpc) is 2.15. The van der Waals surface area contributed by atoms with Crippen LogP contribution in [0.4, 0.5) is 0 Å². The van der Waals surface area contributed by atoms with Crippen molar-refractivity contribution in [3.63, 3.8) is 0 Å². The summed E-state index contributed by atoms with van der Waals surface area (Å²) in [5, 5.41) is 9.29. The number of carboxylic acid groups (broad SMARTS) is 1. The molecule has 0 aromatic rings. The average molecular weight is 257 g/mol. The summed E-state index contributed by atoms with van der Waals surface area (Å²) in [6, 6.07) is 0. The molecule has 3 heteroatoms. The molecule has 0 bridgehead atoms. The molecule has 0 aliphatic heterocycles. The zero-order valence-corrected chi connectivity index (χ0v) is 13.0. The maximum atomic E-state index is 11.3. The molecule has 3 nitrogen and oxygen atoms in total. The fourth-order valence-corrected chi connectivity index (χ4v) is 3.29. The van der Waals surface area contributed by atoms with Crippen molar-refractivity contribution in [2.24, 2.45) is 11.8 Å². The Kier molecular flexibility index (Phi) is 7.53. The van der Waals surface area contributed by atoms with Crippen LogP contribution in [-0.2, 0) is 4.79 Å². The van der Waals surface area contributed by atoms with Crippen molar-refractivity contribution in [1.29, 1.82) is 0 Å². The molecular formula is C15H31NO2. The Balaban J connectivity index is 5.28. The van der Waals surface area contributed by atoms with E-state index in [2.05, 4.69) is 46.4 Å². The Bertz CT molecular complexity index is 235. The second kappa shape index (κ2) is 7.78. The molecule has 1 N–H and O–H groups in total. The molecule has 0 aromatic heterocycles. The first-order chi connectivity index (χ1) is 8.27. The number of carbonyl (C=O) groups is 1. The molecule has 0 atom stereocenters. The quantitative estimate of drug-likeness (QED) is 0.685. The molecule has 18 heavy (non-hydrogen) atoms.